The lowest BCUT2D eigenvalue weighted by atomic mass is 10.2. The molecular weight excluding hydrogens is 282 g/mol. The first-order valence-corrected chi connectivity index (χ1v) is 6.81. The molecule has 1 unspecified atom stereocenters. The van der Waals surface area contributed by atoms with Crippen LogP contribution in [0.25, 0.3) is 0 Å². The summed E-state index contributed by atoms with van der Waals surface area (Å²) in [4.78, 5) is 8.82. The zero-order valence-corrected chi connectivity index (χ0v) is 12.2. The summed E-state index contributed by atoms with van der Waals surface area (Å²) < 4.78 is 6.30. The molecule has 1 atom stereocenters. The van der Waals surface area contributed by atoms with Gasteiger partial charge in [0, 0.05) is 19.9 Å². The molecule has 0 aliphatic carbocycles. The summed E-state index contributed by atoms with van der Waals surface area (Å²) in [6, 6.07) is 0. The minimum absolute atomic E-state index is 0.0183. The van der Waals surface area contributed by atoms with Crippen LogP contribution in [0, 0.1) is 0 Å². The van der Waals surface area contributed by atoms with E-state index in [0.717, 1.165) is 41.9 Å². The molecule has 17 heavy (non-hydrogen) atoms. The molecule has 0 radical (unpaired) electrons. The predicted octanol–water partition coefficient (Wildman–Crippen LogP) is 3.55. The summed E-state index contributed by atoms with van der Waals surface area (Å²) >= 11 is 3.44. The number of anilines is 1. The first-order valence-electron chi connectivity index (χ1n) is 6.02. The number of rotatable bonds is 7. The summed E-state index contributed by atoms with van der Waals surface area (Å²) in [5, 5.41) is 3.27. The van der Waals surface area contributed by atoms with Gasteiger partial charge in [0.05, 0.1) is 4.47 Å². The van der Waals surface area contributed by atoms with Crippen molar-refractivity contribution in [1.29, 1.82) is 0 Å². The van der Waals surface area contributed by atoms with E-state index in [4.69, 9.17) is 4.74 Å². The molecule has 5 heteroatoms. The van der Waals surface area contributed by atoms with Crippen LogP contribution >= 0.6 is 15.9 Å². The molecule has 0 saturated heterocycles. The number of nitrogens with zero attached hydrogens (tertiary/aromatic N) is 2. The monoisotopic (exact) mass is 301 g/mol. The third-order valence-corrected chi connectivity index (χ3v) is 3.01. The van der Waals surface area contributed by atoms with Gasteiger partial charge in [0.2, 0.25) is 0 Å². The van der Waals surface area contributed by atoms with Crippen molar-refractivity contribution in [1.82, 2.24) is 9.97 Å². The Bertz CT molecular complexity index is 347. The van der Waals surface area contributed by atoms with E-state index >= 15 is 0 Å². The molecule has 4 nitrogen and oxygen atoms in total. The van der Waals surface area contributed by atoms with Crippen LogP contribution in [-0.2, 0) is 4.74 Å². The molecule has 1 heterocycles. The van der Waals surface area contributed by atoms with Gasteiger partial charge in [-0.1, -0.05) is 20.3 Å². The standard InChI is InChI=1S/C12H20BrN3O/c1-4-6-10(17-3)12-15-8-9(13)11(16-12)14-7-5-2/h8,10H,4-7H2,1-3H3,(H,14,15,16). The Kier molecular flexibility index (Phi) is 6.44. The molecule has 1 aromatic heterocycles. The highest BCUT2D eigenvalue weighted by molar-refractivity contribution is 9.10. The Morgan fingerprint density at radius 3 is 2.76 bits per heavy atom. The van der Waals surface area contributed by atoms with Crippen LogP contribution in [0.4, 0.5) is 5.82 Å². The Morgan fingerprint density at radius 2 is 2.18 bits per heavy atom. The molecule has 0 fully saturated rings. The van der Waals surface area contributed by atoms with Crippen LogP contribution in [0.5, 0.6) is 0 Å². The minimum Gasteiger partial charge on any atom is -0.373 e. The highest BCUT2D eigenvalue weighted by Gasteiger charge is 2.14. The van der Waals surface area contributed by atoms with E-state index in [1.54, 1.807) is 13.3 Å². The third kappa shape index (κ3) is 4.24. The van der Waals surface area contributed by atoms with Gasteiger partial charge < -0.3 is 10.1 Å². The van der Waals surface area contributed by atoms with Gasteiger partial charge in [-0.3, -0.25) is 0 Å². The zero-order valence-electron chi connectivity index (χ0n) is 10.7. The summed E-state index contributed by atoms with van der Waals surface area (Å²) in [7, 11) is 1.70. The molecule has 0 spiro atoms. The normalized spacial score (nSPS) is 12.5. The molecule has 0 amide bonds. The van der Waals surface area contributed by atoms with Gasteiger partial charge in [0.25, 0.3) is 0 Å². The van der Waals surface area contributed by atoms with Crippen molar-refractivity contribution in [2.75, 3.05) is 19.0 Å². The van der Waals surface area contributed by atoms with Gasteiger partial charge in [-0.2, -0.15) is 0 Å². The highest BCUT2D eigenvalue weighted by atomic mass is 79.9. The summed E-state index contributed by atoms with van der Waals surface area (Å²) in [5.41, 5.74) is 0. The number of methoxy groups -OCH3 is 1. The van der Waals surface area contributed by atoms with Crippen molar-refractivity contribution in [2.24, 2.45) is 0 Å². The molecular formula is C12H20BrN3O. The highest BCUT2D eigenvalue weighted by Crippen LogP contribution is 2.24. The third-order valence-electron chi connectivity index (χ3n) is 2.43. The van der Waals surface area contributed by atoms with E-state index in [0.29, 0.717) is 0 Å². The van der Waals surface area contributed by atoms with Gasteiger partial charge in [-0.15, -0.1) is 0 Å². The van der Waals surface area contributed by atoms with Crippen molar-refractivity contribution in [2.45, 2.75) is 39.2 Å². The SMILES string of the molecule is CCCNc1nc(C(CCC)OC)ncc1Br. The molecule has 0 aliphatic rings. The van der Waals surface area contributed by atoms with E-state index < -0.39 is 0 Å². The number of ether oxygens (including phenoxy) is 1. The molecule has 0 bridgehead atoms. The quantitative estimate of drug-likeness (QED) is 0.836. The first-order chi connectivity index (χ1) is 8.22. The largest absolute Gasteiger partial charge is 0.373 e. The van der Waals surface area contributed by atoms with Crippen LogP contribution in [0.2, 0.25) is 0 Å². The van der Waals surface area contributed by atoms with Crippen LogP contribution in [0.15, 0.2) is 10.7 Å². The van der Waals surface area contributed by atoms with Gasteiger partial charge in [-0.05, 0) is 28.8 Å². The number of halogens is 1. The number of hydrogen-bond donors (Lipinski definition) is 1. The number of hydrogen-bond acceptors (Lipinski definition) is 4. The topological polar surface area (TPSA) is 47.0 Å². The van der Waals surface area contributed by atoms with Gasteiger partial charge in [-0.25, -0.2) is 9.97 Å². The molecule has 1 N–H and O–H groups in total. The lowest BCUT2D eigenvalue weighted by molar-refractivity contribution is 0.0877. The Labute approximate surface area is 111 Å². The van der Waals surface area contributed by atoms with E-state index in [1.165, 1.54) is 0 Å². The predicted molar refractivity (Wildman–Crippen MR) is 73.2 cm³/mol. The van der Waals surface area contributed by atoms with Gasteiger partial charge >= 0.3 is 0 Å². The Hall–Kier alpha value is -0.680. The number of nitrogens with one attached hydrogen (secondary N) is 1. The maximum atomic E-state index is 5.41. The van der Waals surface area contributed by atoms with Gasteiger partial charge in [0.15, 0.2) is 5.82 Å². The van der Waals surface area contributed by atoms with E-state index in [2.05, 4.69) is 45.1 Å². The van der Waals surface area contributed by atoms with Crippen molar-refractivity contribution in [3.63, 3.8) is 0 Å². The minimum atomic E-state index is -0.0183. The summed E-state index contributed by atoms with van der Waals surface area (Å²) in [5.74, 6) is 1.59. The summed E-state index contributed by atoms with van der Waals surface area (Å²) in [6.07, 6.45) is 4.81. The second-order valence-corrected chi connectivity index (χ2v) is 4.72. The molecule has 0 aromatic carbocycles. The van der Waals surface area contributed by atoms with E-state index in [1.807, 2.05) is 0 Å². The molecule has 0 saturated carbocycles. The van der Waals surface area contributed by atoms with Crippen molar-refractivity contribution in [3.05, 3.63) is 16.5 Å². The fourth-order valence-corrected chi connectivity index (χ4v) is 1.85. The Morgan fingerprint density at radius 1 is 1.41 bits per heavy atom. The average Bonchev–Trinajstić information content (AvgIpc) is 2.35. The number of aromatic nitrogens is 2. The zero-order chi connectivity index (χ0) is 12.7. The van der Waals surface area contributed by atoms with Crippen molar-refractivity contribution >= 4 is 21.7 Å². The van der Waals surface area contributed by atoms with Crippen LogP contribution in [-0.4, -0.2) is 23.6 Å². The fourth-order valence-electron chi connectivity index (χ4n) is 1.52. The fraction of sp³-hybridized carbons (Fsp3) is 0.667. The molecule has 0 aliphatic heterocycles. The second-order valence-electron chi connectivity index (χ2n) is 3.86. The van der Waals surface area contributed by atoms with Crippen molar-refractivity contribution < 1.29 is 4.74 Å². The molecule has 96 valence electrons. The van der Waals surface area contributed by atoms with Crippen LogP contribution < -0.4 is 5.32 Å². The van der Waals surface area contributed by atoms with Gasteiger partial charge in [0.1, 0.15) is 11.9 Å². The average molecular weight is 302 g/mol. The first kappa shape index (κ1) is 14.4. The van der Waals surface area contributed by atoms with Crippen LogP contribution in [0.1, 0.15) is 45.0 Å². The maximum Gasteiger partial charge on any atom is 0.159 e. The Balaban J connectivity index is 2.85. The van der Waals surface area contributed by atoms with Crippen LogP contribution in [0.3, 0.4) is 0 Å². The van der Waals surface area contributed by atoms with Crippen molar-refractivity contribution in [3.8, 4) is 0 Å². The molecule has 1 aromatic rings. The van der Waals surface area contributed by atoms with E-state index in [9.17, 15) is 0 Å². The maximum absolute atomic E-state index is 5.41. The molecule has 1 rings (SSSR count). The summed E-state index contributed by atoms with van der Waals surface area (Å²) in [6.45, 7) is 5.15. The smallest absolute Gasteiger partial charge is 0.159 e. The second kappa shape index (κ2) is 7.61. The lowest BCUT2D eigenvalue weighted by Gasteiger charge is -2.14. The van der Waals surface area contributed by atoms with E-state index in [-0.39, 0.29) is 6.10 Å². The lowest BCUT2D eigenvalue weighted by Crippen LogP contribution is -2.10.